The summed E-state index contributed by atoms with van der Waals surface area (Å²) >= 11 is 10.9. The van der Waals surface area contributed by atoms with Crippen LogP contribution in [0.5, 0.6) is 0 Å². The van der Waals surface area contributed by atoms with Gasteiger partial charge in [0.2, 0.25) is 6.10 Å². The third-order valence-corrected chi connectivity index (χ3v) is 5.25. The molecule has 0 spiro atoms. The van der Waals surface area contributed by atoms with E-state index in [1.807, 2.05) is 0 Å². The van der Waals surface area contributed by atoms with Gasteiger partial charge in [0.25, 0.3) is 0 Å². The second-order valence-corrected chi connectivity index (χ2v) is 11.1. The molecule has 0 aromatic heterocycles. The lowest BCUT2D eigenvalue weighted by Crippen LogP contribution is -2.57. The first kappa shape index (κ1) is 30.7. The molecule has 3 atom stereocenters. The normalized spacial score (nSPS) is 17.3. The van der Waals surface area contributed by atoms with Crippen molar-refractivity contribution in [1.29, 1.82) is 0 Å². The molecule has 0 aromatic carbocycles. The molecule has 1 saturated heterocycles. The Kier molecular flexibility index (Phi) is 11.0. The van der Waals surface area contributed by atoms with E-state index in [4.69, 9.17) is 38.6 Å². The van der Waals surface area contributed by atoms with Gasteiger partial charge in [0, 0.05) is 26.3 Å². The quantitative estimate of drug-likeness (QED) is 0.266. The predicted octanol–water partition coefficient (Wildman–Crippen LogP) is 2.24. The molecular weight excluding hydrogens is 496 g/mol. The Morgan fingerprint density at radius 1 is 0.971 bits per heavy atom. The second-order valence-electron chi connectivity index (χ2n) is 10.1. The number of hydrogen-bond acceptors (Lipinski definition) is 10. The summed E-state index contributed by atoms with van der Waals surface area (Å²) < 4.78 is 20.6. The van der Waals surface area contributed by atoms with Crippen LogP contribution in [-0.2, 0) is 38.1 Å². The molecule has 1 heterocycles. The predicted molar refractivity (Wildman–Crippen MR) is 136 cm³/mol. The van der Waals surface area contributed by atoms with Crippen molar-refractivity contribution < 1.29 is 38.1 Å². The third-order valence-electron chi connectivity index (χ3n) is 4.57. The monoisotopic (exact) mass is 532 g/mol. The summed E-state index contributed by atoms with van der Waals surface area (Å²) in [5.74, 6) is -2.46. The Morgan fingerprint density at radius 3 is 1.97 bits per heavy atom. The summed E-state index contributed by atoms with van der Waals surface area (Å²) in [6.45, 7) is 12.2. The van der Waals surface area contributed by atoms with Gasteiger partial charge in [-0.15, -0.1) is 0 Å². The molecule has 10 nitrogen and oxygen atoms in total. The molecule has 0 bridgehead atoms. The van der Waals surface area contributed by atoms with Crippen molar-refractivity contribution in [1.82, 2.24) is 10.2 Å². The van der Waals surface area contributed by atoms with Crippen molar-refractivity contribution in [3.8, 4) is 0 Å². The number of esters is 4. The van der Waals surface area contributed by atoms with E-state index in [9.17, 15) is 19.2 Å². The summed E-state index contributed by atoms with van der Waals surface area (Å²) in [5.41, 5.74) is -1.41. The van der Waals surface area contributed by atoms with Crippen LogP contribution in [-0.4, -0.2) is 81.8 Å². The third kappa shape index (κ3) is 10.9. The van der Waals surface area contributed by atoms with E-state index in [-0.39, 0.29) is 23.8 Å². The zero-order valence-corrected chi connectivity index (χ0v) is 23.2. The second kappa shape index (κ2) is 12.6. The zero-order valence-electron chi connectivity index (χ0n) is 21.6. The van der Waals surface area contributed by atoms with Crippen LogP contribution in [0.2, 0.25) is 0 Å². The Morgan fingerprint density at radius 2 is 1.54 bits per heavy atom. The summed E-state index contributed by atoms with van der Waals surface area (Å²) in [6.07, 6.45) is -0.866. The maximum atomic E-state index is 12.9. The molecule has 198 valence electrons. The van der Waals surface area contributed by atoms with Gasteiger partial charge in [0.05, 0.1) is 17.1 Å². The number of carbonyl (C=O) groups excluding carboxylic acids is 4. The Hall–Kier alpha value is -2.34. The molecule has 0 aliphatic carbocycles. The molecule has 1 fully saturated rings. The lowest BCUT2D eigenvalue weighted by atomic mass is 10.0. The smallest absolute Gasteiger partial charge is 0.347 e. The van der Waals surface area contributed by atoms with E-state index in [1.165, 1.54) is 0 Å². The maximum Gasteiger partial charge on any atom is 0.347 e. The van der Waals surface area contributed by atoms with Crippen molar-refractivity contribution in [2.24, 2.45) is 0 Å². The van der Waals surface area contributed by atoms with Crippen molar-refractivity contribution in [2.75, 3.05) is 13.7 Å². The van der Waals surface area contributed by atoms with Crippen molar-refractivity contribution >= 4 is 58.3 Å². The fraction of sp³-hybridized carbons (Fsp3) is 0.739. The van der Waals surface area contributed by atoms with Crippen LogP contribution >= 0.6 is 24.4 Å². The van der Waals surface area contributed by atoms with Crippen LogP contribution in [0.1, 0.15) is 67.7 Å². The number of nitrogens with one attached hydrogen (secondary N) is 1. The molecule has 0 aromatic rings. The number of carbonyl (C=O) groups is 4. The van der Waals surface area contributed by atoms with Gasteiger partial charge >= 0.3 is 23.9 Å². The Bertz CT molecular complexity index is 847. The first-order chi connectivity index (χ1) is 15.9. The van der Waals surface area contributed by atoms with Gasteiger partial charge in [-0.3, -0.25) is 4.79 Å². The lowest BCUT2D eigenvalue weighted by molar-refractivity contribution is -0.164. The highest BCUT2D eigenvalue weighted by atomic mass is 32.1. The van der Waals surface area contributed by atoms with E-state index in [0.717, 1.165) is 14.0 Å². The van der Waals surface area contributed by atoms with Gasteiger partial charge in [0.1, 0.15) is 23.3 Å². The molecule has 1 N–H and O–H groups in total. The molecule has 1 rings (SSSR count). The van der Waals surface area contributed by atoms with E-state index >= 15 is 0 Å². The maximum absolute atomic E-state index is 12.9. The first-order valence-electron chi connectivity index (χ1n) is 11.2. The number of methoxy groups -OCH3 is 1. The number of nitrogens with zero attached hydrogens (tertiary/aromatic N) is 1. The van der Waals surface area contributed by atoms with Gasteiger partial charge in [0.15, 0.2) is 0 Å². The summed E-state index contributed by atoms with van der Waals surface area (Å²) in [5, 5.41) is 2.87. The van der Waals surface area contributed by atoms with Crippen LogP contribution in [0.3, 0.4) is 0 Å². The Labute approximate surface area is 217 Å². The number of ether oxygens (including phenoxy) is 4. The fourth-order valence-corrected chi connectivity index (χ4v) is 3.76. The summed E-state index contributed by atoms with van der Waals surface area (Å²) in [7, 11) is 1.16. The number of hydrogen-bond donors (Lipinski definition) is 1. The highest BCUT2D eigenvalue weighted by molar-refractivity contribution is 7.80. The summed E-state index contributed by atoms with van der Waals surface area (Å²) in [4.78, 5) is 50.9. The molecule has 0 saturated carbocycles. The minimum atomic E-state index is -1.27. The van der Waals surface area contributed by atoms with E-state index in [2.05, 4.69) is 10.1 Å². The van der Waals surface area contributed by atoms with Gasteiger partial charge in [-0.05, 0) is 48.0 Å². The van der Waals surface area contributed by atoms with Gasteiger partial charge in [-0.1, -0.05) is 24.4 Å². The first-order valence-corrected chi connectivity index (χ1v) is 12.0. The average Bonchev–Trinajstić information content (AvgIpc) is 2.61. The van der Waals surface area contributed by atoms with Crippen molar-refractivity contribution in [3.63, 3.8) is 0 Å². The van der Waals surface area contributed by atoms with Gasteiger partial charge < -0.3 is 29.2 Å². The van der Waals surface area contributed by atoms with Crippen molar-refractivity contribution in [2.45, 2.75) is 97.1 Å². The van der Waals surface area contributed by atoms with Crippen LogP contribution < -0.4 is 5.32 Å². The minimum absolute atomic E-state index is 0.0140. The fourth-order valence-electron chi connectivity index (χ4n) is 3.09. The highest BCUT2D eigenvalue weighted by Gasteiger charge is 2.40. The zero-order chi connectivity index (χ0) is 27.1. The van der Waals surface area contributed by atoms with Gasteiger partial charge in [-0.2, -0.15) is 0 Å². The molecule has 3 unspecified atom stereocenters. The molecular formula is C23H36N2O8S2. The highest BCUT2D eigenvalue weighted by Crippen LogP contribution is 2.24. The largest absolute Gasteiger partial charge is 0.466 e. The lowest BCUT2D eigenvalue weighted by Gasteiger charge is -2.42. The summed E-state index contributed by atoms with van der Waals surface area (Å²) in [6, 6.07) is -1.52. The van der Waals surface area contributed by atoms with Crippen LogP contribution in [0.4, 0.5) is 0 Å². The molecule has 12 heteroatoms. The SMILES string of the molecule is COC(=O)C(CC(=S)NC(CC(=S)N1CCC1C(=O)OC(C)(C)C)C(=O)OC(C)(C)C)OC(C)=O. The van der Waals surface area contributed by atoms with Crippen LogP contribution in [0.25, 0.3) is 0 Å². The Balaban J connectivity index is 2.96. The van der Waals surface area contributed by atoms with Crippen molar-refractivity contribution in [3.05, 3.63) is 0 Å². The minimum Gasteiger partial charge on any atom is -0.466 e. The van der Waals surface area contributed by atoms with Crippen LogP contribution in [0, 0.1) is 0 Å². The topological polar surface area (TPSA) is 120 Å². The molecule has 35 heavy (non-hydrogen) atoms. The van der Waals surface area contributed by atoms with E-state index in [0.29, 0.717) is 18.0 Å². The standard InChI is InChI=1S/C23H36N2O8S2/c1-13(26)31-16(21(29)30-8)12-17(34)24-14(19(27)32-22(2,3)4)11-18(35)25-10-9-15(25)20(28)33-23(5,6)7/h14-16H,9-12H2,1-8H3,(H,24,34). The van der Waals surface area contributed by atoms with E-state index in [1.54, 1.807) is 46.4 Å². The average molecular weight is 533 g/mol. The molecule has 0 radical (unpaired) electrons. The molecule has 1 aliphatic heterocycles. The number of likely N-dealkylation sites (tertiary alicyclic amines) is 1. The number of thiocarbonyl (C=S) groups is 2. The molecule has 1 aliphatic rings. The van der Waals surface area contributed by atoms with Gasteiger partial charge in [-0.25, -0.2) is 14.4 Å². The van der Waals surface area contributed by atoms with E-state index < -0.39 is 47.3 Å². The molecule has 0 amide bonds. The number of rotatable bonds is 9. The van der Waals surface area contributed by atoms with Crippen LogP contribution in [0.15, 0.2) is 0 Å².